The zero-order valence-electron chi connectivity index (χ0n) is 33.7. The quantitative estimate of drug-likeness (QED) is 0.232. The van der Waals surface area contributed by atoms with Gasteiger partial charge in [-0.3, -0.25) is 9.52 Å². The van der Waals surface area contributed by atoms with Gasteiger partial charge in [0.15, 0.2) is 0 Å². The molecule has 5 nitrogen and oxygen atoms in total. The molecule has 9 atom stereocenters. The summed E-state index contributed by atoms with van der Waals surface area (Å²) in [7, 11) is -1.20. The molecule has 5 saturated carbocycles. The van der Waals surface area contributed by atoms with Gasteiger partial charge in [0.25, 0.3) is 0 Å². The van der Waals surface area contributed by atoms with E-state index in [9.17, 15) is 18.9 Å². The standard InChI is InChI=1S/C36H49NO4S.C3H6.C2H6.3C2H2/c1-33(2)26(22-7-9-23(10-8-22)31(38)39)15-19-35(4)29(33)17-20-34(3)27-16-21-36(32(40)37-42(41)24-11-12-24)18-5-6-28(36)25(27)13-14-30(34)35;1-3-2;4*1-2/h7-10,15,24-25,27-30H,5-6,11-14,16-21H2,1-4H3,(H,37,40)(H,38,39);3H,1H2,2H3;1-2H3;3*1-2H/t25-,27?,28?,29?,30?,34-,35-,36-,42?;;;;;/m0...../s1. The van der Waals surface area contributed by atoms with Crippen LogP contribution in [0.3, 0.4) is 0 Å². The van der Waals surface area contributed by atoms with Gasteiger partial charge in [-0.05, 0) is 147 Å². The molecule has 6 aliphatic rings. The number of nitrogens with one attached hydrogen (secondary N) is 1. The first-order chi connectivity index (χ1) is 25.3. The van der Waals surface area contributed by atoms with Crippen LogP contribution in [0, 0.1) is 89.8 Å². The molecule has 0 heterocycles. The van der Waals surface area contributed by atoms with E-state index in [0.717, 1.165) is 56.9 Å². The maximum atomic E-state index is 13.8. The molecular weight excluding hydrogens is 675 g/mol. The van der Waals surface area contributed by atoms with E-state index in [1.54, 1.807) is 18.2 Å². The number of carbonyl (C=O) groups is 2. The van der Waals surface area contributed by atoms with Crippen LogP contribution in [0.5, 0.6) is 0 Å². The van der Waals surface area contributed by atoms with Gasteiger partial charge in [0, 0.05) is 0 Å². The van der Waals surface area contributed by atoms with Gasteiger partial charge >= 0.3 is 5.97 Å². The molecule has 5 unspecified atom stereocenters. The molecule has 6 heteroatoms. The summed E-state index contributed by atoms with van der Waals surface area (Å²) in [5.74, 6) is 2.21. The van der Waals surface area contributed by atoms with E-state index in [1.165, 1.54) is 31.3 Å². The number of fused-ring (bicyclic) bond motifs is 7. The molecule has 53 heavy (non-hydrogen) atoms. The zero-order valence-corrected chi connectivity index (χ0v) is 34.5. The molecular formula is C47H67NO4S. The van der Waals surface area contributed by atoms with E-state index >= 15 is 0 Å². The minimum atomic E-state index is -1.20. The number of rotatable bonds is 5. The van der Waals surface area contributed by atoms with Crippen molar-refractivity contribution in [1.82, 2.24) is 4.72 Å². The lowest BCUT2D eigenvalue weighted by Crippen LogP contribution is -2.62. The smallest absolute Gasteiger partial charge is 0.335 e. The Morgan fingerprint density at radius 1 is 0.811 bits per heavy atom. The van der Waals surface area contributed by atoms with E-state index in [4.69, 9.17) is 0 Å². The minimum Gasteiger partial charge on any atom is -0.478 e. The number of aromatic carboxylic acids is 1. The highest BCUT2D eigenvalue weighted by atomic mass is 32.2. The van der Waals surface area contributed by atoms with E-state index in [2.05, 4.69) is 83.6 Å². The Morgan fingerprint density at radius 3 is 1.94 bits per heavy atom. The monoisotopic (exact) mass is 741 g/mol. The third-order valence-electron chi connectivity index (χ3n) is 14.0. The molecule has 5 fully saturated rings. The van der Waals surface area contributed by atoms with Crippen molar-refractivity contribution in [1.29, 1.82) is 0 Å². The van der Waals surface area contributed by atoms with Gasteiger partial charge in [0.05, 0.1) is 16.2 Å². The number of carboxylic acids is 1. The van der Waals surface area contributed by atoms with E-state index in [-0.39, 0.29) is 27.4 Å². The SMILES string of the molecule is C#C.C#C.C#C.C=CC.CC.CC1(C)C(c2ccc(C(=O)O)cc2)=CC[C@@]2(C)C1CC[C@@]1(C)C3CC[C@@]4(C(=O)NS(=O)C5CC5)CCCC4[C@H]3CCC12. The molecule has 0 spiro atoms. The predicted octanol–water partition coefficient (Wildman–Crippen LogP) is 10.8. The Kier molecular flexibility index (Phi) is 16.5. The zero-order chi connectivity index (χ0) is 40.4. The third kappa shape index (κ3) is 8.42. The van der Waals surface area contributed by atoms with Gasteiger partial charge < -0.3 is 5.11 Å². The highest BCUT2D eigenvalue weighted by molar-refractivity contribution is 7.84. The Bertz CT molecular complexity index is 1510. The minimum absolute atomic E-state index is 0.0123. The number of benzene rings is 1. The van der Waals surface area contributed by atoms with Crippen molar-refractivity contribution in [2.24, 2.45) is 51.2 Å². The number of allylic oxidation sites excluding steroid dienone is 3. The van der Waals surface area contributed by atoms with Gasteiger partial charge in [-0.1, -0.05) is 72.2 Å². The van der Waals surface area contributed by atoms with Gasteiger partial charge in [0.2, 0.25) is 5.91 Å². The molecule has 2 N–H and O–H groups in total. The summed E-state index contributed by atoms with van der Waals surface area (Å²) in [4.78, 5) is 25.2. The first-order valence-electron chi connectivity index (χ1n) is 19.7. The number of terminal acetylenes is 3. The summed E-state index contributed by atoms with van der Waals surface area (Å²) < 4.78 is 15.7. The molecule has 290 valence electrons. The summed E-state index contributed by atoms with van der Waals surface area (Å²) in [6.45, 7) is 19.3. The largest absolute Gasteiger partial charge is 0.478 e. The highest BCUT2D eigenvalue weighted by Gasteiger charge is 2.66. The molecule has 0 saturated heterocycles. The summed E-state index contributed by atoms with van der Waals surface area (Å²) in [5, 5.41) is 9.58. The van der Waals surface area contributed by atoms with E-state index in [0.29, 0.717) is 40.6 Å². The summed E-state index contributed by atoms with van der Waals surface area (Å²) in [5.41, 5.74) is 3.12. The van der Waals surface area contributed by atoms with Crippen LogP contribution in [-0.2, 0) is 15.8 Å². The second-order valence-electron chi connectivity index (χ2n) is 16.5. The molecule has 6 aliphatic carbocycles. The number of hydrogen-bond donors (Lipinski definition) is 2. The van der Waals surface area contributed by atoms with Crippen molar-refractivity contribution < 1.29 is 18.9 Å². The molecule has 1 aromatic carbocycles. The first kappa shape index (κ1) is 45.6. The predicted molar refractivity (Wildman–Crippen MR) is 224 cm³/mol. The average molecular weight is 742 g/mol. The Labute approximate surface area is 325 Å². The van der Waals surface area contributed by atoms with Crippen LogP contribution in [-0.4, -0.2) is 26.4 Å². The molecule has 0 radical (unpaired) electrons. The summed E-state index contributed by atoms with van der Waals surface area (Å²) in [6.07, 6.45) is 41.6. The van der Waals surface area contributed by atoms with Crippen molar-refractivity contribution >= 4 is 28.4 Å². The summed E-state index contributed by atoms with van der Waals surface area (Å²) >= 11 is 0. The molecule has 1 aromatic rings. The van der Waals surface area contributed by atoms with Crippen LogP contribution in [0.4, 0.5) is 0 Å². The van der Waals surface area contributed by atoms with Crippen molar-refractivity contribution in [2.75, 3.05) is 0 Å². The van der Waals surface area contributed by atoms with E-state index in [1.807, 2.05) is 32.9 Å². The van der Waals surface area contributed by atoms with Gasteiger partial charge in [-0.15, -0.1) is 45.1 Å². The van der Waals surface area contributed by atoms with Crippen molar-refractivity contribution in [2.45, 2.75) is 131 Å². The molecule has 7 rings (SSSR count). The van der Waals surface area contributed by atoms with Crippen molar-refractivity contribution in [3.8, 4) is 38.5 Å². The molecule has 0 aromatic heterocycles. The lowest BCUT2D eigenvalue weighted by molar-refractivity contribution is -0.181. The first-order valence-corrected chi connectivity index (χ1v) is 20.9. The maximum Gasteiger partial charge on any atom is 0.335 e. The maximum absolute atomic E-state index is 13.8. The number of hydrogen-bond acceptors (Lipinski definition) is 3. The second kappa shape index (κ2) is 19.2. The number of carboxylic acid groups (broad SMARTS) is 1. The van der Waals surface area contributed by atoms with Gasteiger partial charge in [0.1, 0.15) is 11.0 Å². The van der Waals surface area contributed by atoms with Crippen LogP contribution >= 0.6 is 0 Å². The van der Waals surface area contributed by atoms with Crippen LogP contribution in [0.1, 0.15) is 141 Å². The fraction of sp³-hybridized carbons (Fsp3) is 0.617. The molecule has 0 bridgehead atoms. The third-order valence-corrected chi connectivity index (χ3v) is 15.5. The fourth-order valence-electron chi connectivity index (χ4n) is 12.1. The van der Waals surface area contributed by atoms with Crippen LogP contribution in [0.2, 0.25) is 0 Å². The van der Waals surface area contributed by atoms with E-state index < -0.39 is 17.0 Å². The second-order valence-corrected chi connectivity index (χ2v) is 17.9. The molecule has 1 amide bonds. The topological polar surface area (TPSA) is 83.5 Å². The van der Waals surface area contributed by atoms with Crippen molar-refractivity contribution in [3.05, 3.63) is 54.1 Å². The lowest BCUT2D eigenvalue weighted by atomic mass is 9.36. The van der Waals surface area contributed by atoms with Crippen LogP contribution in [0.25, 0.3) is 5.57 Å². The average Bonchev–Trinajstić information content (AvgIpc) is 3.93. The normalized spacial score (nSPS) is 34.3. The molecule has 0 aliphatic heterocycles. The van der Waals surface area contributed by atoms with Crippen LogP contribution in [0.15, 0.2) is 43.0 Å². The Balaban J connectivity index is 0.000000807. The Hall–Kier alpha value is -3.53. The number of carbonyl (C=O) groups excluding carboxylic acids is 1. The Morgan fingerprint density at radius 2 is 1.40 bits per heavy atom. The fourth-order valence-corrected chi connectivity index (χ4v) is 13.2. The number of amides is 1. The van der Waals surface area contributed by atoms with Gasteiger partial charge in [-0.2, -0.15) is 0 Å². The van der Waals surface area contributed by atoms with Gasteiger partial charge in [-0.25, -0.2) is 9.00 Å². The summed E-state index contributed by atoms with van der Waals surface area (Å²) in [6, 6.07) is 7.50. The van der Waals surface area contributed by atoms with Crippen molar-refractivity contribution in [3.63, 3.8) is 0 Å². The van der Waals surface area contributed by atoms with Crippen LogP contribution < -0.4 is 4.72 Å². The highest BCUT2D eigenvalue weighted by Crippen LogP contribution is 2.73. The lowest BCUT2D eigenvalue weighted by Gasteiger charge is -2.68.